The Morgan fingerprint density at radius 3 is 1.82 bits per heavy atom. The van der Waals surface area contributed by atoms with E-state index in [-0.39, 0.29) is 0 Å². The molecule has 0 radical (unpaired) electrons. The van der Waals surface area contributed by atoms with Gasteiger partial charge < -0.3 is 25.8 Å². The van der Waals surface area contributed by atoms with Gasteiger partial charge in [-0.15, -0.1) is 0 Å². The maximum absolute atomic E-state index is 11.5. The Balaban J connectivity index is 5.30. The van der Waals surface area contributed by atoms with Crippen LogP contribution < -0.4 is 5.73 Å². The van der Waals surface area contributed by atoms with Gasteiger partial charge in [0.1, 0.15) is 5.60 Å². The number of ether oxygens (including phenoxy) is 1. The van der Waals surface area contributed by atoms with Crippen molar-refractivity contribution in [3.8, 4) is 0 Å². The highest BCUT2D eigenvalue weighted by Crippen LogP contribution is 2.17. The van der Waals surface area contributed by atoms with Crippen LogP contribution in [-0.4, -0.2) is 50.5 Å². The molecule has 0 unspecified atom stereocenters. The Hall–Kier alpha value is -1.67. The van der Waals surface area contributed by atoms with E-state index in [9.17, 15) is 19.5 Å². The summed E-state index contributed by atoms with van der Waals surface area (Å²) in [5.41, 5.74) is 1.03. The van der Waals surface area contributed by atoms with Crippen molar-refractivity contribution >= 4 is 17.9 Å². The molecular weight excluding hydrogens is 234 g/mol. The van der Waals surface area contributed by atoms with Crippen LogP contribution in [0.4, 0.5) is 0 Å². The van der Waals surface area contributed by atoms with Crippen LogP contribution in [0.15, 0.2) is 0 Å². The van der Waals surface area contributed by atoms with Crippen LogP contribution in [0.2, 0.25) is 0 Å². The summed E-state index contributed by atoms with van der Waals surface area (Å²) in [6.45, 7) is 4.33. The highest BCUT2D eigenvalue weighted by molar-refractivity contribution is 6.08. The van der Waals surface area contributed by atoms with Crippen LogP contribution in [0, 0.1) is 0 Å². The molecule has 0 bridgehead atoms. The molecule has 0 rings (SSSR count). The van der Waals surface area contributed by atoms with E-state index in [1.165, 1.54) is 20.8 Å². The molecule has 0 aliphatic heterocycles. The van der Waals surface area contributed by atoms with Gasteiger partial charge >= 0.3 is 17.9 Å². The zero-order chi connectivity index (χ0) is 14.0. The average Bonchev–Trinajstić information content (AvgIpc) is 2.11. The number of aliphatic hydroxyl groups is 1. The van der Waals surface area contributed by atoms with Crippen LogP contribution in [0.1, 0.15) is 20.8 Å². The molecule has 0 saturated heterocycles. The molecule has 0 spiro atoms. The minimum Gasteiger partial charge on any atom is -0.479 e. The molecule has 0 aromatic heterocycles. The van der Waals surface area contributed by atoms with E-state index in [1.54, 1.807) is 0 Å². The highest BCUT2D eigenvalue weighted by atomic mass is 16.6. The summed E-state index contributed by atoms with van der Waals surface area (Å²) >= 11 is 0. The van der Waals surface area contributed by atoms with E-state index in [2.05, 4.69) is 4.74 Å². The molecule has 0 aromatic rings. The van der Waals surface area contributed by atoms with Crippen molar-refractivity contribution in [2.24, 2.45) is 5.73 Å². The number of nitrogens with two attached hydrogens (primary N) is 1. The average molecular weight is 249 g/mol. The lowest BCUT2D eigenvalue weighted by Gasteiger charge is -2.29. The first-order valence-corrected chi connectivity index (χ1v) is 4.59. The van der Waals surface area contributed by atoms with Crippen molar-refractivity contribution in [1.29, 1.82) is 0 Å². The molecule has 8 heteroatoms. The van der Waals surface area contributed by atoms with Crippen LogP contribution in [0.5, 0.6) is 0 Å². The number of carbonyl (C=O) groups excluding carboxylic acids is 1. The molecule has 17 heavy (non-hydrogen) atoms. The van der Waals surface area contributed by atoms with Gasteiger partial charge in [0.15, 0.2) is 6.10 Å². The Morgan fingerprint density at radius 1 is 1.18 bits per heavy atom. The summed E-state index contributed by atoms with van der Waals surface area (Å²) in [4.78, 5) is 32.9. The van der Waals surface area contributed by atoms with Crippen molar-refractivity contribution in [3.05, 3.63) is 0 Å². The molecule has 0 fully saturated rings. The molecule has 0 saturated carbocycles. The largest absolute Gasteiger partial charge is 0.479 e. The minimum atomic E-state index is -3.04. The van der Waals surface area contributed by atoms with Gasteiger partial charge in [0.2, 0.25) is 5.54 Å². The highest BCUT2D eigenvalue weighted by Gasteiger charge is 2.55. The van der Waals surface area contributed by atoms with Crippen LogP contribution in [0.25, 0.3) is 0 Å². The number of esters is 1. The van der Waals surface area contributed by atoms with E-state index < -0.39 is 35.2 Å². The lowest BCUT2D eigenvalue weighted by Crippen LogP contribution is -2.66. The van der Waals surface area contributed by atoms with Crippen LogP contribution in [0.3, 0.4) is 0 Å². The van der Waals surface area contributed by atoms with E-state index in [4.69, 9.17) is 15.9 Å². The molecule has 0 aliphatic carbocycles. The molecule has 0 heterocycles. The Labute approximate surface area is 97.0 Å². The van der Waals surface area contributed by atoms with E-state index in [0.717, 1.165) is 0 Å². The molecule has 0 amide bonds. The predicted octanol–water partition coefficient (Wildman–Crippen LogP) is -1.44. The van der Waals surface area contributed by atoms with Crippen molar-refractivity contribution in [2.75, 3.05) is 0 Å². The SMILES string of the molecule is CC(C)(C)OC(=O)[C@@](N)(C(=O)O)[C@@H](O)C(=O)O. The Morgan fingerprint density at radius 2 is 1.59 bits per heavy atom. The van der Waals surface area contributed by atoms with Crippen LogP contribution >= 0.6 is 0 Å². The number of aliphatic carboxylic acids is 2. The zero-order valence-corrected chi connectivity index (χ0v) is 9.63. The van der Waals surface area contributed by atoms with Crippen LogP contribution in [-0.2, 0) is 19.1 Å². The first kappa shape index (κ1) is 15.3. The molecule has 0 aliphatic rings. The van der Waals surface area contributed by atoms with Gasteiger partial charge in [0, 0.05) is 0 Å². The number of aliphatic hydroxyl groups excluding tert-OH is 1. The van der Waals surface area contributed by atoms with E-state index in [1.807, 2.05) is 0 Å². The summed E-state index contributed by atoms with van der Waals surface area (Å²) in [7, 11) is 0. The third-order valence-corrected chi connectivity index (χ3v) is 1.76. The van der Waals surface area contributed by atoms with E-state index >= 15 is 0 Å². The maximum Gasteiger partial charge on any atom is 0.341 e. The fourth-order valence-electron chi connectivity index (χ4n) is 0.873. The lowest BCUT2D eigenvalue weighted by molar-refractivity contribution is -0.180. The quantitative estimate of drug-likeness (QED) is 0.349. The third-order valence-electron chi connectivity index (χ3n) is 1.76. The topological polar surface area (TPSA) is 147 Å². The summed E-state index contributed by atoms with van der Waals surface area (Å²) < 4.78 is 4.67. The molecule has 2 atom stereocenters. The van der Waals surface area contributed by atoms with Crippen molar-refractivity contribution in [2.45, 2.75) is 38.0 Å². The van der Waals surface area contributed by atoms with Gasteiger partial charge in [-0.2, -0.15) is 0 Å². The van der Waals surface area contributed by atoms with Gasteiger partial charge in [0.05, 0.1) is 0 Å². The standard InChI is InChI=1S/C9H15NO7/c1-8(2,3)17-7(16)9(10,6(14)15)4(11)5(12)13/h4,11H,10H2,1-3H3,(H,12,13)(H,14,15)/t4-,9-/m0/s1. The number of rotatable bonds is 4. The Bertz CT molecular complexity index is 346. The smallest absolute Gasteiger partial charge is 0.341 e. The van der Waals surface area contributed by atoms with E-state index in [0.29, 0.717) is 0 Å². The number of carboxylic acids is 2. The van der Waals surface area contributed by atoms with Gasteiger partial charge in [0.25, 0.3) is 0 Å². The summed E-state index contributed by atoms with van der Waals surface area (Å²) in [6.07, 6.45) is -2.60. The predicted molar refractivity (Wildman–Crippen MR) is 54.0 cm³/mol. The monoisotopic (exact) mass is 249 g/mol. The number of hydrogen-bond acceptors (Lipinski definition) is 6. The summed E-state index contributed by atoms with van der Waals surface area (Å²) in [6, 6.07) is 0. The number of hydrogen-bond donors (Lipinski definition) is 4. The van der Waals surface area contributed by atoms with Crippen molar-refractivity contribution in [3.63, 3.8) is 0 Å². The molecule has 98 valence electrons. The maximum atomic E-state index is 11.5. The van der Waals surface area contributed by atoms with Gasteiger partial charge in [-0.1, -0.05) is 0 Å². The van der Waals surface area contributed by atoms with Crippen molar-refractivity contribution in [1.82, 2.24) is 0 Å². The van der Waals surface area contributed by atoms with Gasteiger partial charge in [-0.05, 0) is 20.8 Å². The Kier molecular flexibility index (Phi) is 4.22. The minimum absolute atomic E-state index is 1.06. The zero-order valence-electron chi connectivity index (χ0n) is 9.63. The first-order valence-electron chi connectivity index (χ1n) is 4.59. The molecule has 0 aromatic carbocycles. The molecule has 8 nitrogen and oxygen atoms in total. The summed E-state index contributed by atoms with van der Waals surface area (Å²) in [5.74, 6) is -5.44. The second-order valence-electron chi connectivity index (χ2n) is 4.42. The normalized spacial score (nSPS) is 16.8. The molecular formula is C9H15NO7. The second-order valence-corrected chi connectivity index (χ2v) is 4.42. The third kappa shape index (κ3) is 3.40. The fourth-order valence-corrected chi connectivity index (χ4v) is 0.873. The number of carboxylic acid groups (broad SMARTS) is 2. The number of carbonyl (C=O) groups is 3. The van der Waals surface area contributed by atoms with Gasteiger partial charge in [-0.3, -0.25) is 0 Å². The lowest BCUT2D eigenvalue weighted by atomic mass is 9.93. The molecule has 5 N–H and O–H groups in total. The second kappa shape index (κ2) is 4.68. The van der Waals surface area contributed by atoms with Gasteiger partial charge in [-0.25, -0.2) is 14.4 Å². The van der Waals surface area contributed by atoms with Crippen molar-refractivity contribution < 1.29 is 34.4 Å². The first-order chi connectivity index (χ1) is 7.43. The summed E-state index contributed by atoms with van der Waals surface area (Å²) in [5, 5.41) is 26.5. The fraction of sp³-hybridized carbons (Fsp3) is 0.667.